The summed E-state index contributed by atoms with van der Waals surface area (Å²) in [5.74, 6) is 0. The number of hydrogen-bond donors (Lipinski definition) is 0. The first-order valence-corrected chi connectivity index (χ1v) is 32.4. The zero-order chi connectivity index (χ0) is 61.3. The molecule has 0 aromatic heterocycles. The van der Waals surface area contributed by atoms with E-state index in [4.69, 9.17) is 0 Å². The first-order valence-electron chi connectivity index (χ1n) is 32.4. The van der Waals surface area contributed by atoms with Crippen molar-refractivity contribution in [2.45, 2.75) is 90.9 Å². The van der Waals surface area contributed by atoms with E-state index < -0.39 is 0 Å². The van der Waals surface area contributed by atoms with Crippen molar-refractivity contribution in [3.8, 4) is 55.6 Å². The van der Waals surface area contributed by atoms with Crippen molar-refractivity contribution in [2.24, 2.45) is 0 Å². The second-order valence-electron chi connectivity index (χ2n) is 29.1. The van der Waals surface area contributed by atoms with E-state index in [0.29, 0.717) is 0 Å². The van der Waals surface area contributed by atoms with Crippen LogP contribution in [0.25, 0.3) is 153 Å². The summed E-state index contributed by atoms with van der Waals surface area (Å²) in [6, 6.07) is 96.2. The van der Waals surface area contributed by atoms with E-state index in [2.05, 4.69) is 324 Å². The van der Waals surface area contributed by atoms with Crippen molar-refractivity contribution in [3.63, 3.8) is 0 Å². The molecule has 0 atom stereocenters. The molecule has 0 saturated carbocycles. The normalized spacial score (nSPS) is 14.1. The zero-order valence-electron chi connectivity index (χ0n) is 53.2. The topological polar surface area (TPSA) is 0 Å². The first-order chi connectivity index (χ1) is 43.4. The standard InChI is InChI=1S/C49H38.C41H34/c1-48(2,3)47-37-17-10-9-16-35(37)44(36-23-21-32(26-40(36)47)29-12-7-6-8-13-29)33-22-24-38-41(27-33)49(4,5)42-28-34-19-18-30-14-11-15-31-20-25-39(46(38)42)45(34)43(30)31;1-40(2,3)39-32-16-10-9-15-30(32)36(31-21-20-27(23-33(31)39)25-12-7-6-8-13-25)29-22-28-19-18-26-14-11-17-34-37(26)38(28)35(24-29)41(34,4)5/h6-28H,1-5H3;6-24H,1-5H3. The van der Waals surface area contributed by atoms with Gasteiger partial charge in [-0.3, -0.25) is 0 Å². The molecular weight excluding hydrogens is 1080 g/mol. The van der Waals surface area contributed by atoms with Crippen LogP contribution in [0.15, 0.2) is 255 Å². The van der Waals surface area contributed by atoms with E-state index in [0.717, 1.165) is 0 Å². The Labute approximate surface area is 528 Å². The predicted octanol–water partition coefficient (Wildman–Crippen LogP) is 25.4. The van der Waals surface area contributed by atoms with Gasteiger partial charge >= 0.3 is 0 Å². The van der Waals surface area contributed by atoms with Gasteiger partial charge in [0.1, 0.15) is 0 Å². The highest BCUT2D eigenvalue weighted by molar-refractivity contribution is 6.27. The van der Waals surface area contributed by atoms with Crippen LogP contribution in [-0.4, -0.2) is 0 Å². The SMILES string of the molecule is CC(C)(C)c1c2ccccc2c(-c2cc3c4c(ccc5cccc(c54)C3(C)C)c2)c2ccc(-c3ccccc3)cc12.CC(C)(C)c1c2ccccc2c(-c2ccc3c(c2)C(C)(C)c2cc4ccc5cccc6ccc(c2-3)c4c56)c2ccc(-c3ccccc3)cc12. The lowest BCUT2D eigenvalue weighted by Crippen LogP contribution is -2.15. The van der Waals surface area contributed by atoms with Crippen LogP contribution in [0.5, 0.6) is 0 Å². The second-order valence-corrected chi connectivity index (χ2v) is 29.1. The molecule has 0 fully saturated rings. The van der Waals surface area contributed by atoms with Crippen molar-refractivity contribution in [3.05, 3.63) is 288 Å². The average Bonchev–Trinajstić information content (AvgIpc) is 1.61. The van der Waals surface area contributed by atoms with E-state index >= 15 is 0 Å². The summed E-state index contributed by atoms with van der Waals surface area (Å²) in [6.45, 7) is 23.8. The summed E-state index contributed by atoms with van der Waals surface area (Å²) in [6.07, 6.45) is 0. The van der Waals surface area contributed by atoms with E-state index in [9.17, 15) is 0 Å². The van der Waals surface area contributed by atoms with E-state index in [-0.39, 0.29) is 21.7 Å². The fraction of sp³-hybridized carbons (Fsp3) is 0.156. The van der Waals surface area contributed by atoms with Crippen LogP contribution in [-0.2, 0) is 21.7 Å². The summed E-state index contributed by atoms with van der Waals surface area (Å²) in [5, 5.41) is 24.3. The largest absolute Gasteiger partial charge is 0.0622 e. The third kappa shape index (κ3) is 7.93. The number of benzene rings is 16. The minimum atomic E-state index is -0.136. The Kier molecular flexibility index (Phi) is 11.6. The monoisotopic (exact) mass is 1150 g/mol. The molecule has 0 spiro atoms. The summed E-state index contributed by atoms with van der Waals surface area (Å²) in [4.78, 5) is 0. The van der Waals surface area contributed by atoms with Crippen molar-refractivity contribution in [2.75, 3.05) is 0 Å². The lowest BCUT2D eigenvalue weighted by atomic mass is 9.76. The smallest absolute Gasteiger partial charge is 0.0159 e. The van der Waals surface area contributed by atoms with Crippen molar-refractivity contribution < 1.29 is 0 Å². The maximum atomic E-state index is 2.52. The molecule has 0 heteroatoms. The molecule has 0 saturated heterocycles. The molecule has 90 heavy (non-hydrogen) atoms. The zero-order valence-corrected chi connectivity index (χ0v) is 53.2. The number of rotatable bonds is 4. The Hall–Kier alpha value is -9.88. The Bertz CT molecular complexity index is 5680. The van der Waals surface area contributed by atoms with Crippen LogP contribution in [0.3, 0.4) is 0 Å². The van der Waals surface area contributed by atoms with Crippen LogP contribution in [0.1, 0.15) is 103 Å². The highest BCUT2D eigenvalue weighted by atomic mass is 14.4. The van der Waals surface area contributed by atoms with Crippen molar-refractivity contribution in [1.29, 1.82) is 0 Å². The fourth-order valence-corrected chi connectivity index (χ4v) is 16.9. The molecule has 0 amide bonds. The van der Waals surface area contributed by atoms with Crippen LogP contribution < -0.4 is 0 Å². The second kappa shape index (κ2) is 19.3. The molecule has 432 valence electrons. The van der Waals surface area contributed by atoms with Gasteiger partial charge in [-0.15, -0.1) is 0 Å². The van der Waals surface area contributed by atoms with Gasteiger partial charge in [-0.2, -0.15) is 0 Å². The highest BCUT2D eigenvalue weighted by Crippen LogP contribution is 2.57. The molecule has 0 N–H and O–H groups in total. The Morgan fingerprint density at radius 3 is 1.21 bits per heavy atom. The fourth-order valence-electron chi connectivity index (χ4n) is 16.9. The van der Waals surface area contributed by atoms with Crippen LogP contribution in [0.4, 0.5) is 0 Å². The number of fused-ring (bicyclic) bond motifs is 8. The lowest BCUT2D eigenvalue weighted by Gasteiger charge is -2.27. The molecular formula is C90H72. The maximum absolute atomic E-state index is 2.52. The summed E-state index contributed by atoms with van der Waals surface area (Å²) >= 11 is 0. The van der Waals surface area contributed by atoms with Crippen LogP contribution in [0, 0.1) is 0 Å². The molecule has 2 aliphatic rings. The van der Waals surface area contributed by atoms with Gasteiger partial charge in [0, 0.05) is 10.8 Å². The molecule has 18 rings (SSSR count). The van der Waals surface area contributed by atoms with Gasteiger partial charge in [0.05, 0.1) is 0 Å². The van der Waals surface area contributed by atoms with Crippen LogP contribution in [0.2, 0.25) is 0 Å². The Morgan fingerprint density at radius 1 is 0.222 bits per heavy atom. The van der Waals surface area contributed by atoms with Crippen molar-refractivity contribution in [1.82, 2.24) is 0 Å². The summed E-state index contributed by atoms with van der Waals surface area (Å²) in [7, 11) is 0. The molecule has 0 heterocycles. The summed E-state index contributed by atoms with van der Waals surface area (Å²) < 4.78 is 0. The van der Waals surface area contributed by atoms with E-state index in [1.807, 2.05) is 0 Å². The molecule has 0 radical (unpaired) electrons. The van der Waals surface area contributed by atoms with Gasteiger partial charge in [0.15, 0.2) is 0 Å². The molecule has 0 nitrogen and oxygen atoms in total. The molecule has 16 aromatic carbocycles. The van der Waals surface area contributed by atoms with Gasteiger partial charge < -0.3 is 0 Å². The summed E-state index contributed by atoms with van der Waals surface area (Å²) in [5.41, 5.74) is 21.4. The Balaban J connectivity index is 0.000000141. The quantitative estimate of drug-likeness (QED) is 0.122. The predicted molar refractivity (Wildman–Crippen MR) is 390 cm³/mol. The number of hydrogen-bond acceptors (Lipinski definition) is 0. The van der Waals surface area contributed by atoms with Gasteiger partial charge in [-0.1, -0.05) is 288 Å². The van der Waals surface area contributed by atoms with Gasteiger partial charge in [0.25, 0.3) is 0 Å². The van der Waals surface area contributed by atoms with Gasteiger partial charge in [-0.25, -0.2) is 0 Å². The molecule has 0 aliphatic heterocycles. The van der Waals surface area contributed by atoms with Gasteiger partial charge in [0.2, 0.25) is 0 Å². The first kappa shape index (κ1) is 54.3. The molecule has 16 aromatic rings. The minimum absolute atomic E-state index is 0.0155. The highest BCUT2D eigenvalue weighted by Gasteiger charge is 2.39. The third-order valence-electron chi connectivity index (χ3n) is 20.9. The average molecular weight is 1150 g/mol. The Morgan fingerprint density at radius 2 is 0.644 bits per heavy atom. The third-order valence-corrected chi connectivity index (χ3v) is 20.9. The van der Waals surface area contributed by atoms with E-state index in [1.165, 1.54) is 186 Å². The molecule has 0 bridgehead atoms. The van der Waals surface area contributed by atoms with Crippen molar-refractivity contribution >= 4 is 97.0 Å². The lowest BCUT2D eigenvalue weighted by molar-refractivity contribution is 0.601. The van der Waals surface area contributed by atoms with E-state index in [1.54, 1.807) is 0 Å². The van der Waals surface area contributed by atoms with Gasteiger partial charge in [-0.05, 0) is 233 Å². The minimum Gasteiger partial charge on any atom is -0.0622 e. The molecule has 0 unspecified atom stereocenters. The molecule has 2 aliphatic carbocycles. The maximum Gasteiger partial charge on any atom is 0.0159 e. The van der Waals surface area contributed by atoms with Crippen LogP contribution >= 0.6 is 0 Å².